The number of hydrogen-bond donors (Lipinski definition) is 1. The minimum atomic E-state index is -4.15. The summed E-state index contributed by atoms with van der Waals surface area (Å²) in [5, 5.41) is 3.20. The van der Waals surface area contributed by atoms with Gasteiger partial charge in [0.15, 0.2) is 9.84 Å². The van der Waals surface area contributed by atoms with Crippen molar-refractivity contribution in [1.29, 1.82) is 0 Å². The standard InChI is InChI=1S/C24H19ClF2N4O2S/c1-14-9-18(6-8-28-14)31-23-10-16(5-7-29-23)19-12-30-24(25)20(15(19)2)13-34(32,33)22-4-3-17(26)11-21(22)27/h3-12H,13H2,1-2H3,(H,28,29,31). The molecule has 4 rings (SSSR count). The Labute approximate surface area is 200 Å². The van der Waals surface area contributed by atoms with Gasteiger partial charge in [0.25, 0.3) is 0 Å². The second-order valence-corrected chi connectivity index (χ2v) is 9.96. The van der Waals surface area contributed by atoms with Gasteiger partial charge in [0, 0.05) is 47.2 Å². The van der Waals surface area contributed by atoms with Gasteiger partial charge in [-0.25, -0.2) is 27.2 Å². The average Bonchev–Trinajstić information content (AvgIpc) is 2.76. The van der Waals surface area contributed by atoms with E-state index in [0.717, 1.165) is 29.1 Å². The number of anilines is 2. The Bertz CT molecular complexity index is 1500. The van der Waals surface area contributed by atoms with E-state index in [0.29, 0.717) is 23.0 Å². The van der Waals surface area contributed by atoms with Gasteiger partial charge in [-0.1, -0.05) is 11.6 Å². The molecular weight excluding hydrogens is 482 g/mol. The molecule has 0 radical (unpaired) electrons. The molecule has 0 fully saturated rings. The van der Waals surface area contributed by atoms with Crippen molar-refractivity contribution in [2.45, 2.75) is 24.5 Å². The molecule has 0 aliphatic heterocycles. The van der Waals surface area contributed by atoms with Crippen LogP contribution in [-0.2, 0) is 15.6 Å². The zero-order valence-electron chi connectivity index (χ0n) is 18.2. The van der Waals surface area contributed by atoms with Crippen molar-refractivity contribution in [3.63, 3.8) is 0 Å². The number of sulfone groups is 1. The Balaban J connectivity index is 1.69. The number of pyridine rings is 3. The molecule has 10 heteroatoms. The molecule has 0 bridgehead atoms. The maximum atomic E-state index is 14.2. The molecule has 0 saturated heterocycles. The van der Waals surface area contributed by atoms with Gasteiger partial charge in [0.05, 0.1) is 5.75 Å². The third-order valence-corrected chi connectivity index (χ3v) is 7.21. The molecule has 6 nitrogen and oxygen atoms in total. The molecule has 0 aliphatic carbocycles. The van der Waals surface area contributed by atoms with Crippen LogP contribution in [0.25, 0.3) is 11.1 Å². The zero-order valence-corrected chi connectivity index (χ0v) is 19.8. The summed E-state index contributed by atoms with van der Waals surface area (Å²) in [6.07, 6.45) is 4.84. The molecule has 174 valence electrons. The first kappa shape index (κ1) is 23.7. The lowest BCUT2D eigenvalue weighted by atomic mass is 10.0. The number of aryl methyl sites for hydroxylation is 1. The van der Waals surface area contributed by atoms with Crippen molar-refractivity contribution in [3.8, 4) is 11.1 Å². The van der Waals surface area contributed by atoms with E-state index in [1.54, 1.807) is 37.6 Å². The summed E-state index contributed by atoms with van der Waals surface area (Å²) in [5.74, 6) is -2.04. The fourth-order valence-electron chi connectivity index (χ4n) is 3.50. The number of halogens is 3. The Hall–Kier alpha value is -3.43. The zero-order chi connectivity index (χ0) is 24.5. The lowest BCUT2D eigenvalue weighted by molar-refractivity contribution is 0.548. The fourth-order valence-corrected chi connectivity index (χ4v) is 5.36. The highest BCUT2D eigenvalue weighted by Gasteiger charge is 2.24. The van der Waals surface area contributed by atoms with Crippen LogP contribution in [0.3, 0.4) is 0 Å². The number of rotatable bonds is 6. The molecule has 3 heterocycles. The molecule has 34 heavy (non-hydrogen) atoms. The normalized spacial score (nSPS) is 11.4. The topological polar surface area (TPSA) is 84.8 Å². The number of hydrogen-bond acceptors (Lipinski definition) is 6. The lowest BCUT2D eigenvalue weighted by Gasteiger charge is -2.14. The maximum Gasteiger partial charge on any atom is 0.185 e. The maximum absolute atomic E-state index is 14.2. The summed E-state index contributed by atoms with van der Waals surface area (Å²) in [7, 11) is -4.15. The molecule has 1 N–H and O–H groups in total. The van der Waals surface area contributed by atoms with E-state index in [-0.39, 0.29) is 10.7 Å². The molecule has 0 amide bonds. The van der Waals surface area contributed by atoms with Crippen molar-refractivity contribution in [1.82, 2.24) is 15.0 Å². The minimum Gasteiger partial charge on any atom is -0.340 e. The fraction of sp³-hybridized carbons (Fsp3) is 0.125. The first-order chi connectivity index (χ1) is 16.1. The summed E-state index contributed by atoms with van der Waals surface area (Å²) < 4.78 is 53.2. The smallest absolute Gasteiger partial charge is 0.185 e. The molecule has 0 aliphatic rings. The second kappa shape index (κ2) is 9.44. The van der Waals surface area contributed by atoms with Gasteiger partial charge in [-0.05, 0) is 61.4 Å². The summed E-state index contributed by atoms with van der Waals surface area (Å²) in [6, 6.07) is 9.59. The van der Waals surface area contributed by atoms with Crippen LogP contribution < -0.4 is 5.32 Å². The van der Waals surface area contributed by atoms with E-state index in [9.17, 15) is 17.2 Å². The predicted molar refractivity (Wildman–Crippen MR) is 127 cm³/mol. The molecule has 0 spiro atoms. The summed E-state index contributed by atoms with van der Waals surface area (Å²) in [5.41, 5.74) is 3.85. The highest BCUT2D eigenvalue weighted by molar-refractivity contribution is 7.90. The summed E-state index contributed by atoms with van der Waals surface area (Å²) in [6.45, 7) is 3.60. The van der Waals surface area contributed by atoms with Crippen LogP contribution in [-0.4, -0.2) is 23.4 Å². The monoisotopic (exact) mass is 500 g/mol. The van der Waals surface area contributed by atoms with Crippen LogP contribution >= 0.6 is 11.6 Å². The van der Waals surface area contributed by atoms with Gasteiger partial charge < -0.3 is 5.32 Å². The molecule has 3 aromatic heterocycles. The first-order valence-corrected chi connectivity index (χ1v) is 12.1. The number of benzene rings is 1. The van der Waals surface area contributed by atoms with Crippen LogP contribution in [0.1, 0.15) is 16.8 Å². The van der Waals surface area contributed by atoms with Gasteiger partial charge in [-0.15, -0.1) is 0 Å². The van der Waals surface area contributed by atoms with Crippen molar-refractivity contribution in [2.75, 3.05) is 5.32 Å². The predicted octanol–water partition coefficient (Wildman–Crippen LogP) is 5.80. The van der Waals surface area contributed by atoms with E-state index in [1.807, 2.05) is 19.1 Å². The van der Waals surface area contributed by atoms with Crippen LogP contribution in [0.4, 0.5) is 20.3 Å². The first-order valence-electron chi connectivity index (χ1n) is 10.1. The van der Waals surface area contributed by atoms with Gasteiger partial charge in [-0.3, -0.25) is 4.98 Å². The quantitative estimate of drug-likeness (QED) is 0.266. The average molecular weight is 501 g/mol. The highest BCUT2D eigenvalue weighted by Crippen LogP contribution is 2.32. The van der Waals surface area contributed by atoms with Gasteiger partial charge in [0.1, 0.15) is 27.5 Å². The summed E-state index contributed by atoms with van der Waals surface area (Å²) in [4.78, 5) is 12.0. The molecular formula is C24H19ClF2N4O2S. The number of nitrogens with one attached hydrogen (secondary N) is 1. The van der Waals surface area contributed by atoms with Crippen LogP contribution in [0.2, 0.25) is 5.15 Å². The molecule has 1 aromatic carbocycles. The number of aromatic nitrogens is 3. The van der Waals surface area contributed by atoms with Crippen molar-refractivity contribution in [3.05, 3.63) is 94.7 Å². The third kappa shape index (κ3) is 5.05. The number of nitrogens with zero attached hydrogens (tertiary/aromatic N) is 3. The van der Waals surface area contributed by atoms with Gasteiger partial charge in [0.2, 0.25) is 0 Å². The molecule has 0 unspecified atom stereocenters. The lowest BCUT2D eigenvalue weighted by Crippen LogP contribution is -2.10. The van der Waals surface area contributed by atoms with Crippen LogP contribution in [0.5, 0.6) is 0 Å². The van der Waals surface area contributed by atoms with E-state index < -0.39 is 32.1 Å². The Morgan fingerprint density at radius 3 is 2.47 bits per heavy atom. The van der Waals surface area contributed by atoms with Crippen LogP contribution in [0, 0.1) is 25.5 Å². The molecule has 0 atom stereocenters. The van der Waals surface area contributed by atoms with E-state index in [1.165, 1.54) is 0 Å². The second-order valence-electron chi connectivity index (χ2n) is 7.64. The van der Waals surface area contributed by atoms with Gasteiger partial charge in [-0.2, -0.15) is 0 Å². The Morgan fingerprint density at radius 2 is 1.74 bits per heavy atom. The molecule has 4 aromatic rings. The highest BCUT2D eigenvalue weighted by atomic mass is 35.5. The summed E-state index contributed by atoms with van der Waals surface area (Å²) >= 11 is 6.24. The molecule has 0 saturated carbocycles. The van der Waals surface area contributed by atoms with E-state index >= 15 is 0 Å². The third-order valence-electron chi connectivity index (χ3n) is 5.22. The SMILES string of the molecule is Cc1cc(Nc2cc(-c3cnc(Cl)c(CS(=O)(=O)c4ccc(F)cc4F)c3C)ccn2)ccn1. The largest absolute Gasteiger partial charge is 0.340 e. The van der Waals surface area contributed by atoms with Crippen molar-refractivity contribution < 1.29 is 17.2 Å². The van der Waals surface area contributed by atoms with Crippen molar-refractivity contribution >= 4 is 32.9 Å². The minimum absolute atomic E-state index is 0.00740. The Kier molecular flexibility index (Phi) is 6.58. The van der Waals surface area contributed by atoms with Crippen molar-refractivity contribution in [2.24, 2.45) is 0 Å². The van der Waals surface area contributed by atoms with Crippen LogP contribution in [0.15, 0.2) is 66.0 Å². The Morgan fingerprint density at radius 1 is 0.971 bits per heavy atom. The van der Waals surface area contributed by atoms with E-state index in [4.69, 9.17) is 11.6 Å². The van der Waals surface area contributed by atoms with E-state index in [2.05, 4.69) is 20.3 Å². The van der Waals surface area contributed by atoms with Gasteiger partial charge >= 0.3 is 0 Å².